The number of para-hydroxylation sites is 2. The molecule has 1 aliphatic heterocycles. The molecule has 4 rings (SSSR count). The maximum atomic E-state index is 9.53. The van der Waals surface area contributed by atoms with Gasteiger partial charge < -0.3 is 5.32 Å². The molecule has 3 aromatic rings. The lowest BCUT2D eigenvalue weighted by Gasteiger charge is -2.13. The van der Waals surface area contributed by atoms with E-state index in [4.69, 9.17) is 0 Å². The second-order valence-electron chi connectivity index (χ2n) is 6.58. The van der Waals surface area contributed by atoms with Crippen molar-refractivity contribution in [3.05, 3.63) is 41.5 Å². The second kappa shape index (κ2) is 6.71. The maximum absolute atomic E-state index is 9.53. The number of nitrogens with one attached hydrogen (secondary N) is 3. The lowest BCUT2D eigenvalue weighted by Crippen LogP contribution is -2.30. The SMILES string of the molecule is Cc1cc(NCCCC2CCNN2)n2c(nc3ccccc32)c1C#N. The van der Waals surface area contributed by atoms with Gasteiger partial charge in [0.1, 0.15) is 11.9 Å². The van der Waals surface area contributed by atoms with Crippen LogP contribution in [0.1, 0.15) is 30.4 Å². The smallest absolute Gasteiger partial charge is 0.157 e. The van der Waals surface area contributed by atoms with Crippen LogP contribution in [-0.4, -0.2) is 28.5 Å². The van der Waals surface area contributed by atoms with E-state index in [2.05, 4.69) is 37.7 Å². The zero-order valence-electron chi connectivity index (χ0n) is 14.3. The molecule has 2 aromatic heterocycles. The zero-order valence-corrected chi connectivity index (χ0v) is 14.3. The van der Waals surface area contributed by atoms with Gasteiger partial charge in [-0.1, -0.05) is 12.1 Å². The van der Waals surface area contributed by atoms with Gasteiger partial charge in [-0.25, -0.2) is 4.98 Å². The van der Waals surface area contributed by atoms with Gasteiger partial charge in [0, 0.05) is 19.1 Å². The third-order valence-electron chi connectivity index (χ3n) is 4.84. The third-order valence-corrected chi connectivity index (χ3v) is 4.84. The van der Waals surface area contributed by atoms with Crippen LogP contribution in [0.5, 0.6) is 0 Å². The molecule has 25 heavy (non-hydrogen) atoms. The molecular formula is C19H22N6. The second-order valence-corrected chi connectivity index (χ2v) is 6.58. The number of hydrazine groups is 1. The van der Waals surface area contributed by atoms with Crippen molar-refractivity contribution in [1.82, 2.24) is 20.2 Å². The number of rotatable bonds is 5. The van der Waals surface area contributed by atoms with Crippen molar-refractivity contribution >= 4 is 22.5 Å². The number of hydrogen-bond acceptors (Lipinski definition) is 5. The first-order valence-corrected chi connectivity index (χ1v) is 8.81. The Hall–Kier alpha value is -2.62. The molecule has 6 heteroatoms. The van der Waals surface area contributed by atoms with E-state index in [0.717, 1.165) is 54.0 Å². The Morgan fingerprint density at radius 3 is 3.08 bits per heavy atom. The molecule has 0 saturated carbocycles. The van der Waals surface area contributed by atoms with Crippen LogP contribution in [0.4, 0.5) is 5.82 Å². The molecule has 0 amide bonds. The lowest BCUT2D eigenvalue weighted by atomic mass is 10.1. The fraction of sp³-hybridized carbons (Fsp3) is 0.368. The highest BCUT2D eigenvalue weighted by Gasteiger charge is 2.15. The highest BCUT2D eigenvalue weighted by molar-refractivity contribution is 5.85. The summed E-state index contributed by atoms with van der Waals surface area (Å²) < 4.78 is 2.07. The number of nitrogens with zero attached hydrogens (tertiary/aromatic N) is 3. The number of fused-ring (bicyclic) bond motifs is 3. The molecular weight excluding hydrogens is 312 g/mol. The van der Waals surface area contributed by atoms with Crippen LogP contribution in [0.2, 0.25) is 0 Å². The van der Waals surface area contributed by atoms with Crippen LogP contribution in [-0.2, 0) is 0 Å². The van der Waals surface area contributed by atoms with Crippen LogP contribution < -0.4 is 16.2 Å². The summed E-state index contributed by atoms with van der Waals surface area (Å²) in [7, 11) is 0. The van der Waals surface area contributed by atoms with E-state index >= 15 is 0 Å². The topological polar surface area (TPSA) is 77.2 Å². The van der Waals surface area contributed by atoms with E-state index in [9.17, 15) is 5.26 Å². The van der Waals surface area contributed by atoms with Crippen LogP contribution in [0.3, 0.4) is 0 Å². The molecule has 1 aliphatic rings. The minimum absolute atomic E-state index is 0.568. The van der Waals surface area contributed by atoms with Crippen molar-refractivity contribution < 1.29 is 0 Å². The number of aryl methyl sites for hydroxylation is 1. The fourth-order valence-corrected chi connectivity index (χ4v) is 3.54. The molecule has 6 nitrogen and oxygen atoms in total. The molecule has 128 valence electrons. The normalized spacial score (nSPS) is 17.2. The Bertz CT molecular complexity index is 946. The Morgan fingerprint density at radius 1 is 1.40 bits per heavy atom. The molecule has 3 N–H and O–H groups in total. The Balaban J connectivity index is 1.64. The average molecular weight is 334 g/mol. The van der Waals surface area contributed by atoms with Gasteiger partial charge in [0.05, 0.1) is 16.6 Å². The average Bonchev–Trinajstić information content (AvgIpc) is 3.26. The monoisotopic (exact) mass is 334 g/mol. The quantitative estimate of drug-likeness (QED) is 0.626. The van der Waals surface area contributed by atoms with Gasteiger partial charge in [-0.3, -0.25) is 15.3 Å². The van der Waals surface area contributed by atoms with Crippen molar-refractivity contribution in [3.63, 3.8) is 0 Å². The van der Waals surface area contributed by atoms with Gasteiger partial charge in [-0.15, -0.1) is 0 Å². The van der Waals surface area contributed by atoms with Gasteiger partial charge in [-0.05, 0) is 49.9 Å². The van der Waals surface area contributed by atoms with E-state index in [1.807, 2.05) is 31.2 Å². The Labute approximate surface area is 146 Å². The zero-order chi connectivity index (χ0) is 17.2. The third kappa shape index (κ3) is 2.93. The summed E-state index contributed by atoms with van der Waals surface area (Å²) in [5, 5.41) is 13.1. The Kier molecular flexibility index (Phi) is 4.26. The van der Waals surface area contributed by atoms with Gasteiger partial charge in [-0.2, -0.15) is 5.26 Å². The molecule has 1 atom stereocenters. The molecule has 0 aliphatic carbocycles. The standard InChI is InChI=1S/C19H22N6/c1-13-11-18(21-9-4-5-14-8-10-22-24-14)25-17-7-3-2-6-16(17)23-19(25)15(13)12-20/h2-3,6-7,11,14,21-22,24H,4-5,8-10H2,1H3. The van der Waals surface area contributed by atoms with Gasteiger partial charge in [0.25, 0.3) is 0 Å². The van der Waals surface area contributed by atoms with Crippen LogP contribution in [0.25, 0.3) is 16.7 Å². The van der Waals surface area contributed by atoms with Gasteiger partial charge in [0.2, 0.25) is 0 Å². The summed E-state index contributed by atoms with van der Waals surface area (Å²) in [6, 6.07) is 12.9. The molecule has 1 unspecified atom stereocenters. The number of benzene rings is 1. The Morgan fingerprint density at radius 2 is 2.28 bits per heavy atom. The van der Waals surface area contributed by atoms with Crippen molar-refractivity contribution in [3.8, 4) is 6.07 Å². The van der Waals surface area contributed by atoms with E-state index in [0.29, 0.717) is 11.6 Å². The minimum Gasteiger partial charge on any atom is -0.371 e. The van der Waals surface area contributed by atoms with Crippen molar-refractivity contribution in [2.24, 2.45) is 0 Å². The van der Waals surface area contributed by atoms with Crippen molar-refractivity contribution in [2.45, 2.75) is 32.2 Å². The summed E-state index contributed by atoms with van der Waals surface area (Å²) >= 11 is 0. The summed E-state index contributed by atoms with van der Waals surface area (Å²) in [6.07, 6.45) is 3.42. The molecule has 0 radical (unpaired) electrons. The van der Waals surface area contributed by atoms with Crippen LogP contribution in [0, 0.1) is 18.3 Å². The largest absolute Gasteiger partial charge is 0.371 e. The molecule has 3 heterocycles. The number of aromatic nitrogens is 2. The molecule has 1 aromatic carbocycles. The number of hydrogen-bond donors (Lipinski definition) is 3. The number of pyridine rings is 1. The first-order valence-electron chi connectivity index (χ1n) is 8.81. The summed E-state index contributed by atoms with van der Waals surface area (Å²) in [5.41, 5.74) is 10.7. The van der Waals surface area contributed by atoms with E-state index in [-0.39, 0.29) is 0 Å². The predicted octanol–water partition coefficient (Wildman–Crippen LogP) is 2.73. The van der Waals surface area contributed by atoms with E-state index in [1.165, 1.54) is 6.42 Å². The van der Waals surface area contributed by atoms with Gasteiger partial charge in [0.15, 0.2) is 5.65 Å². The fourth-order valence-electron chi connectivity index (χ4n) is 3.54. The number of imidazole rings is 1. The predicted molar refractivity (Wildman–Crippen MR) is 99.4 cm³/mol. The maximum Gasteiger partial charge on any atom is 0.157 e. The van der Waals surface area contributed by atoms with Crippen molar-refractivity contribution in [1.29, 1.82) is 5.26 Å². The van der Waals surface area contributed by atoms with E-state index in [1.54, 1.807) is 0 Å². The summed E-state index contributed by atoms with van der Waals surface area (Å²) in [5.74, 6) is 0.998. The first kappa shape index (κ1) is 15.9. The number of nitriles is 1. The summed E-state index contributed by atoms with van der Waals surface area (Å²) in [6.45, 7) is 3.91. The van der Waals surface area contributed by atoms with Crippen LogP contribution in [0.15, 0.2) is 30.3 Å². The molecule has 0 spiro atoms. The van der Waals surface area contributed by atoms with Gasteiger partial charge >= 0.3 is 0 Å². The highest BCUT2D eigenvalue weighted by atomic mass is 15.4. The number of anilines is 1. The van der Waals surface area contributed by atoms with E-state index < -0.39 is 0 Å². The molecule has 1 saturated heterocycles. The minimum atomic E-state index is 0.568. The lowest BCUT2D eigenvalue weighted by molar-refractivity contribution is 0.511. The molecule has 0 bridgehead atoms. The van der Waals surface area contributed by atoms with Crippen LogP contribution >= 0.6 is 0 Å². The highest BCUT2D eigenvalue weighted by Crippen LogP contribution is 2.26. The first-order chi connectivity index (χ1) is 12.3. The molecule has 1 fully saturated rings. The summed E-state index contributed by atoms with van der Waals surface area (Å²) in [4.78, 5) is 4.68. The van der Waals surface area contributed by atoms with Crippen molar-refractivity contribution in [2.75, 3.05) is 18.4 Å².